The second kappa shape index (κ2) is 25.7. The van der Waals surface area contributed by atoms with Crippen LogP contribution in [0.3, 0.4) is 0 Å². The summed E-state index contributed by atoms with van der Waals surface area (Å²) < 4.78 is 0. The van der Waals surface area contributed by atoms with E-state index < -0.39 is 20.8 Å². The molecule has 10 radical (unpaired) electrons. The molecule has 0 aromatic carbocycles. The predicted molar refractivity (Wildman–Crippen MR) is 129 cm³/mol. The van der Waals surface area contributed by atoms with E-state index in [1.54, 1.807) is 0 Å². The van der Waals surface area contributed by atoms with E-state index in [4.69, 9.17) is 17.0 Å². The molecule has 0 amide bonds. The third-order valence-electron chi connectivity index (χ3n) is 5.10. The van der Waals surface area contributed by atoms with Gasteiger partial charge in [-0.1, -0.05) is 90.9 Å². The molecule has 2 saturated carbocycles. The van der Waals surface area contributed by atoms with Gasteiger partial charge in [-0.2, -0.15) is 0 Å². The Balaban J connectivity index is 0.000000477. The summed E-state index contributed by atoms with van der Waals surface area (Å²) >= 11 is -0.826. The molecule has 0 spiro atoms. The maximum absolute atomic E-state index is 4.93. The van der Waals surface area contributed by atoms with Crippen LogP contribution in [0.1, 0.15) is 104 Å². The topological polar surface area (TPSA) is 0 Å². The van der Waals surface area contributed by atoms with E-state index in [1.807, 2.05) is 0 Å². The molecular formula is C26H42Cl2Zr. The van der Waals surface area contributed by atoms with Gasteiger partial charge in [0.15, 0.2) is 0 Å². The van der Waals surface area contributed by atoms with Gasteiger partial charge in [-0.25, -0.2) is 0 Å². The van der Waals surface area contributed by atoms with Crippen molar-refractivity contribution in [3.8, 4) is 0 Å². The van der Waals surface area contributed by atoms with Gasteiger partial charge in [0.1, 0.15) is 0 Å². The second-order valence-electron chi connectivity index (χ2n) is 7.69. The summed E-state index contributed by atoms with van der Waals surface area (Å²) in [5.74, 6) is 3.02. The molecule has 0 aliphatic heterocycles. The van der Waals surface area contributed by atoms with Gasteiger partial charge in [0.05, 0.1) is 0 Å². The third kappa shape index (κ3) is 22.4. The Morgan fingerprint density at radius 2 is 0.793 bits per heavy atom. The molecule has 3 heteroatoms. The molecule has 0 unspecified atom stereocenters. The predicted octanol–water partition coefficient (Wildman–Crippen LogP) is 9.66. The van der Waals surface area contributed by atoms with Crippen LogP contribution in [0.25, 0.3) is 0 Å². The SMILES string of the molecule is CCCCCCCC[C]1[CH][CH][CH][CH]1.CCCCCCCC[C]1[CH][CH][CH][CH]1.[Cl][Zr][Cl]. The number of hydrogen-bond acceptors (Lipinski definition) is 0. The van der Waals surface area contributed by atoms with Crippen molar-refractivity contribution in [2.75, 3.05) is 0 Å². The minimum absolute atomic E-state index is 0.826. The Labute approximate surface area is 203 Å². The summed E-state index contributed by atoms with van der Waals surface area (Å²) in [4.78, 5) is 0. The Morgan fingerprint density at radius 1 is 0.517 bits per heavy atom. The van der Waals surface area contributed by atoms with E-state index in [0.717, 1.165) is 0 Å². The van der Waals surface area contributed by atoms with Gasteiger partial charge in [0.2, 0.25) is 0 Å². The van der Waals surface area contributed by atoms with Crippen LogP contribution >= 0.6 is 17.0 Å². The Kier molecular flexibility index (Phi) is 27.0. The third-order valence-corrected chi connectivity index (χ3v) is 5.10. The van der Waals surface area contributed by atoms with Crippen molar-refractivity contribution < 1.29 is 20.8 Å². The van der Waals surface area contributed by atoms with Gasteiger partial charge in [-0.3, -0.25) is 0 Å². The van der Waals surface area contributed by atoms with Crippen LogP contribution in [0.2, 0.25) is 0 Å². The van der Waals surface area contributed by atoms with Crippen molar-refractivity contribution >= 4 is 17.0 Å². The monoisotopic (exact) mass is 514 g/mol. The van der Waals surface area contributed by atoms with E-state index >= 15 is 0 Å². The van der Waals surface area contributed by atoms with Crippen LogP contribution in [0.4, 0.5) is 0 Å². The van der Waals surface area contributed by atoms with E-state index in [9.17, 15) is 0 Å². The minimum atomic E-state index is -0.826. The molecule has 0 aromatic rings. The van der Waals surface area contributed by atoms with Crippen LogP contribution in [0.5, 0.6) is 0 Å². The van der Waals surface area contributed by atoms with E-state index in [1.165, 1.54) is 102 Å². The average molecular weight is 517 g/mol. The molecule has 2 aliphatic carbocycles. The fourth-order valence-corrected chi connectivity index (χ4v) is 3.38. The zero-order valence-electron chi connectivity index (χ0n) is 18.8. The van der Waals surface area contributed by atoms with Gasteiger partial charge in [0, 0.05) is 0 Å². The van der Waals surface area contributed by atoms with E-state index in [-0.39, 0.29) is 0 Å². The van der Waals surface area contributed by atoms with Crippen molar-refractivity contribution in [1.29, 1.82) is 0 Å². The van der Waals surface area contributed by atoms with Crippen LogP contribution < -0.4 is 0 Å². The summed E-state index contributed by atoms with van der Waals surface area (Å²) in [5, 5.41) is 0. The summed E-state index contributed by atoms with van der Waals surface area (Å²) in [6.07, 6.45) is 36.8. The quantitative estimate of drug-likeness (QED) is 0.202. The molecule has 29 heavy (non-hydrogen) atoms. The van der Waals surface area contributed by atoms with Crippen LogP contribution in [-0.2, 0) is 20.8 Å². The maximum atomic E-state index is 4.93. The van der Waals surface area contributed by atoms with Crippen molar-refractivity contribution in [2.45, 2.75) is 104 Å². The van der Waals surface area contributed by atoms with Crippen LogP contribution in [-0.4, -0.2) is 0 Å². The Hall–Kier alpha value is 1.46. The number of halogens is 2. The van der Waals surface area contributed by atoms with Crippen molar-refractivity contribution in [3.05, 3.63) is 63.2 Å². The molecule has 164 valence electrons. The number of rotatable bonds is 14. The van der Waals surface area contributed by atoms with Crippen molar-refractivity contribution in [1.82, 2.24) is 0 Å². The standard InChI is InChI=1S/2C13H21.2ClH.Zr/c2*1-2-3-4-5-6-7-10-13-11-8-9-12-13;;;/h2*8-9,11-12H,2-7,10H2,1H3;2*1H;/q;;;;+2/p-2. The molecule has 2 aliphatic rings. The molecule has 0 atom stereocenters. The Morgan fingerprint density at radius 3 is 1.10 bits per heavy atom. The summed E-state index contributed by atoms with van der Waals surface area (Å²) in [6.45, 7) is 4.54. The first-order valence-electron chi connectivity index (χ1n) is 11.7. The first-order chi connectivity index (χ1) is 14.3. The van der Waals surface area contributed by atoms with Gasteiger partial charge in [-0.05, 0) is 76.0 Å². The normalized spacial score (nSPS) is 16.8. The first kappa shape index (κ1) is 30.5. The van der Waals surface area contributed by atoms with Crippen molar-refractivity contribution in [3.63, 3.8) is 0 Å². The average Bonchev–Trinajstić information content (AvgIpc) is 3.43. The molecule has 0 aromatic heterocycles. The summed E-state index contributed by atoms with van der Waals surface area (Å²) in [6, 6.07) is 0. The van der Waals surface area contributed by atoms with E-state index in [2.05, 4.69) is 65.2 Å². The first-order valence-corrected chi connectivity index (χ1v) is 18.0. The molecule has 0 bridgehead atoms. The molecule has 2 rings (SSSR count). The molecule has 0 heterocycles. The van der Waals surface area contributed by atoms with E-state index in [0.29, 0.717) is 0 Å². The zero-order chi connectivity index (χ0) is 21.4. The van der Waals surface area contributed by atoms with Gasteiger partial charge in [-0.15, -0.1) is 0 Å². The molecule has 0 N–H and O–H groups in total. The van der Waals surface area contributed by atoms with Crippen molar-refractivity contribution in [2.24, 2.45) is 0 Å². The fourth-order valence-electron chi connectivity index (χ4n) is 3.38. The van der Waals surface area contributed by atoms with Gasteiger partial charge < -0.3 is 0 Å². The molecule has 0 nitrogen and oxygen atoms in total. The fraction of sp³-hybridized carbons (Fsp3) is 0.615. The van der Waals surface area contributed by atoms with Gasteiger partial charge in [0.25, 0.3) is 0 Å². The summed E-state index contributed by atoms with van der Waals surface area (Å²) in [7, 11) is 9.87. The number of hydrogen-bond donors (Lipinski definition) is 0. The Bertz CT molecular complexity index is 258. The molecular weight excluding hydrogens is 474 g/mol. The molecule has 0 saturated heterocycles. The summed E-state index contributed by atoms with van der Waals surface area (Å²) in [5.41, 5.74) is 0. The van der Waals surface area contributed by atoms with Crippen LogP contribution in [0, 0.1) is 63.2 Å². The van der Waals surface area contributed by atoms with Gasteiger partial charge >= 0.3 is 37.9 Å². The molecule has 2 fully saturated rings. The second-order valence-corrected chi connectivity index (χ2v) is 11.4. The van der Waals surface area contributed by atoms with Crippen LogP contribution in [0.15, 0.2) is 0 Å². The zero-order valence-corrected chi connectivity index (χ0v) is 22.7. The number of unbranched alkanes of at least 4 members (excludes halogenated alkanes) is 10.